The zero-order chi connectivity index (χ0) is 18.4. The summed E-state index contributed by atoms with van der Waals surface area (Å²) < 4.78 is 5.20. The van der Waals surface area contributed by atoms with Crippen LogP contribution in [0.15, 0.2) is 54.6 Å². The van der Waals surface area contributed by atoms with Gasteiger partial charge in [0.2, 0.25) is 0 Å². The molecule has 130 valence electrons. The van der Waals surface area contributed by atoms with Crippen LogP contribution in [0.3, 0.4) is 0 Å². The van der Waals surface area contributed by atoms with E-state index < -0.39 is 0 Å². The first kappa shape index (κ1) is 17.6. The summed E-state index contributed by atoms with van der Waals surface area (Å²) in [6.45, 7) is 0.221. The maximum absolute atomic E-state index is 12.2. The number of carbonyl (C=O) groups is 1. The smallest absolute Gasteiger partial charge is 0.270 e. The SMILES string of the molecule is COc1cccc(-c2cc(C(=O)NCC#Cc3cccc(Cl)c3)[nH]n2)c1. The van der Waals surface area contributed by atoms with Crippen LogP contribution in [0.5, 0.6) is 5.75 Å². The molecule has 0 aliphatic rings. The molecule has 0 saturated carbocycles. The second-order valence-electron chi connectivity index (χ2n) is 5.39. The first-order valence-electron chi connectivity index (χ1n) is 7.88. The third-order valence-corrected chi connectivity index (χ3v) is 3.82. The van der Waals surface area contributed by atoms with E-state index in [1.54, 1.807) is 25.3 Å². The normalized spacial score (nSPS) is 9.92. The second kappa shape index (κ2) is 8.24. The van der Waals surface area contributed by atoms with Crippen molar-refractivity contribution in [2.45, 2.75) is 0 Å². The van der Waals surface area contributed by atoms with Crippen LogP contribution in [0, 0.1) is 11.8 Å². The fraction of sp³-hybridized carbons (Fsp3) is 0.100. The van der Waals surface area contributed by atoms with E-state index in [4.69, 9.17) is 16.3 Å². The molecule has 1 amide bonds. The highest BCUT2D eigenvalue weighted by Crippen LogP contribution is 2.22. The quantitative estimate of drug-likeness (QED) is 0.695. The fourth-order valence-corrected chi connectivity index (χ4v) is 2.49. The van der Waals surface area contributed by atoms with E-state index in [9.17, 15) is 4.79 Å². The molecule has 3 aromatic rings. The fourth-order valence-electron chi connectivity index (χ4n) is 2.30. The maximum Gasteiger partial charge on any atom is 0.270 e. The lowest BCUT2D eigenvalue weighted by Gasteiger charge is -2.01. The molecular formula is C20H16ClN3O2. The van der Waals surface area contributed by atoms with E-state index in [2.05, 4.69) is 27.4 Å². The average Bonchev–Trinajstić information content (AvgIpc) is 3.15. The first-order chi connectivity index (χ1) is 12.7. The molecule has 0 bridgehead atoms. The van der Waals surface area contributed by atoms with E-state index in [1.807, 2.05) is 36.4 Å². The first-order valence-corrected chi connectivity index (χ1v) is 8.26. The van der Waals surface area contributed by atoms with Crippen molar-refractivity contribution in [1.82, 2.24) is 15.5 Å². The molecule has 0 atom stereocenters. The van der Waals surface area contributed by atoms with Crippen molar-refractivity contribution >= 4 is 17.5 Å². The van der Waals surface area contributed by atoms with Crippen molar-refractivity contribution in [3.63, 3.8) is 0 Å². The van der Waals surface area contributed by atoms with Crippen LogP contribution in [0.1, 0.15) is 16.1 Å². The number of methoxy groups -OCH3 is 1. The Hall–Kier alpha value is -3.23. The molecule has 0 fully saturated rings. The molecule has 5 nitrogen and oxygen atoms in total. The third-order valence-electron chi connectivity index (χ3n) is 3.58. The number of ether oxygens (including phenoxy) is 1. The number of rotatable bonds is 4. The monoisotopic (exact) mass is 365 g/mol. The summed E-state index contributed by atoms with van der Waals surface area (Å²) in [7, 11) is 1.60. The minimum absolute atomic E-state index is 0.221. The number of aromatic nitrogens is 2. The van der Waals surface area contributed by atoms with Crippen LogP contribution in [-0.4, -0.2) is 29.8 Å². The van der Waals surface area contributed by atoms with E-state index in [0.717, 1.165) is 16.9 Å². The minimum Gasteiger partial charge on any atom is -0.497 e. The third kappa shape index (κ3) is 4.44. The van der Waals surface area contributed by atoms with Crippen LogP contribution >= 0.6 is 11.6 Å². The van der Waals surface area contributed by atoms with Crippen LogP contribution in [0.4, 0.5) is 0 Å². The summed E-state index contributed by atoms with van der Waals surface area (Å²) in [6, 6.07) is 16.4. The van der Waals surface area contributed by atoms with Gasteiger partial charge in [0.25, 0.3) is 5.91 Å². The predicted molar refractivity (Wildman–Crippen MR) is 101 cm³/mol. The molecule has 1 heterocycles. The highest BCUT2D eigenvalue weighted by atomic mass is 35.5. The molecule has 3 rings (SSSR count). The summed E-state index contributed by atoms with van der Waals surface area (Å²) in [4.78, 5) is 12.2. The highest BCUT2D eigenvalue weighted by molar-refractivity contribution is 6.30. The number of hydrogen-bond donors (Lipinski definition) is 2. The van der Waals surface area contributed by atoms with Crippen molar-refractivity contribution in [2.75, 3.05) is 13.7 Å². The van der Waals surface area contributed by atoms with Gasteiger partial charge < -0.3 is 10.1 Å². The van der Waals surface area contributed by atoms with Gasteiger partial charge in [-0.25, -0.2) is 0 Å². The molecule has 0 saturated heterocycles. The van der Waals surface area contributed by atoms with Crippen molar-refractivity contribution < 1.29 is 9.53 Å². The summed E-state index contributed by atoms with van der Waals surface area (Å²) in [5.74, 6) is 6.30. The topological polar surface area (TPSA) is 67.0 Å². The number of carbonyl (C=O) groups excluding carboxylic acids is 1. The highest BCUT2D eigenvalue weighted by Gasteiger charge is 2.10. The minimum atomic E-state index is -0.271. The zero-order valence-corrected chi connectivity index (χ0v) is 14.8. The number of halogens is 1. The van der Waals surface area contributed by atoms with Gasteiger partial charge in [-0.3, -0.25) is 9.89 Å². The number of hydrogen-bond acceptors (Lipinski definition) is 3. The molecule has 26 heavy (non-hydrogen) atoms. The summed E-state index contributed by atoms with van der Waals surface area (Å²) in [5.41, 5.74) is 2.69. The summed E-state index contributed by atoms with van der Waals surface area (Å²) in [6.07, 6.45) is 0. The molecule has 0 aliphatic heterocycles. The molecule has 0 unspecified atom stereocenters. The Kier molecular flexibility index (Phi) is 5.57. The molecule has 0 radical (unpaired) electrons. The van der Waals surface area contributed by atoms with E-state index in [0.29, 0.717) is 16.4 Å². The lowest BCUT2D eigenvalue weighted by atomic mass is 10.1. The van der Waals surface area contributed by atoms with Gasteiger partial charge >= 0.3 is 0 Å². The molecule has 1 aromatic heterocycles. The lowest BCUT2D eigenvalue weighted by Crippen LogP contribution is -2.23. The largest absolute Gasteiger partial charge is 0.497 e. The Morgan fingerprint density at radius 1 is 1.23 bits per heavy atom. The van der Waals surface area contributed by atoms with Gasteiger partial charge in [-0.15, -0.1) is 0 Å². The number of aromatic amines is 1. The predicted octanol–water partition coefficient (Wildman–Crippen LogP) is 3.52. The number of nitrogens with one attached hydrogen (secondary N) is 2. The average molecular weight is 366 g/mol. The van der Waals surface area contributed by atoms with Crippen LogP contribution in [0.2, 0.25) is 5.02 Å². The maximum atomic E-state index is 12.2. The summed E-state index contributed by atoms with van der Waals surface area (Å²) in [5, 5.41) is 10.3. The van der Waals surface area contributed by atoms with Crippen molar-refractivity contribution in [3.8, 4) is 28.8 Å². The number of nitrogens with zero attached hydrogens (tertiary/aromatic N) is 1. The van der Waals surface area contributed by atoms with Gasteiger partial charge in [0.1, 0.15) is 11.4 Å². The molecule has 2 N–H and O–H groups in total. The van der Waals surface area contributed by atoms with Crippen molar-refractivity contribution in [3.05, 3.63) is 70.9 Å². The van der Waals surface area contributed by atoms with Gasteiger partial charge in [-0.05, 0) is 36.4 Å². The number of amides is 1. The molecule has 0 spiro atoms. The molecule has 6 heteroatoms. The van der Waals surface area contributed by atoms with Crippen molar-refractivity contribution in [1.29, 1.82) is 0 Å². The zero-order valence-electron chi connectivity index (χ0n) is 14.0. The van der Waals surface area contributed by atoms with E-state index >= 15 is 0 Å². The Labute approximate surface area is 156 Å². The standard InChI is InChI=1S/C20H16ClN3O2/c1-26-17-9-3-7-15(12-17)18-13-19(24-23-18)20(25)22-10-4-6-14-5-2-8-16(21)11-14/h2-3,5,7-9,11-13H,10H2,1H3,(H,22,25)(H,23,24). The summed E-state index contributed by atoms with van der Waals surface area (Å²) >= 11 is 5.90. The van der Waals surface area contributed by atoms with Crippen molar-refractivity contribution in [2.24, 2.45) is 0 Å². The van der Waals surface area contributed by atoms with Gasteiger partial charge in [0, 0.05) is 16.1 Å². The van der Waals surface area contributed by atoms with Gasteiger partial charge in [0.05, 0.1) is 19.3 Å². The Bertz CT molecular complexity index is 986. The van der Waals surface area contributed by atoms with Gasteiger partial charge in [-0.2, -0.15) is 5.10 Å². The number of benzene rings is 2. The van der Waals surface area contributed by atoms with Crippen LogP contribution in [-0.2, 0) is 0 Å². The Morgan fingerprint density at radius 2 is 2.08 bits per heavy atom. The molecular weight excluding hydrogens is 350 g/mol. The van der Waals surface area contributed by atoms with Gasteiger partial charge in [0.15, 0.2) is 0 Å². The number of H-pyrrole nitrogens is 1. The van der Waals surface area contributed by atoms with Crippen LogP contribution < -0.4 is 10.1 Å². The van der Waals surface area contributed by atoms with E-state index in [-0.39, 0.29) is 12.5 Å². The molecule has 2 aromatic carbocycles. The molecule has 0 aliphatic carbocycles. The van der Waals surface area contributed by atoms with E-state index in [1.165, 1.54) is 0 Å². The van der Waals surface area contributed by atoms with Gasteiger partial charge in [-0.1, -0.05) is 41.6 Å². The Morgan fingerprint density at radius 3 is 2.88 bits per heavy atom. The van der Waals surface area contributed by atoms with Crippen LogP contribution in [0.25, 0.3) is 11.3 Å². The second-order valence-corrected chi connectivity index (χ2v) is 5.83. The Balaban J connectivity index is 1.62. The lowest BCUT2D eigenvalue weighted by molar-refractivity contribution is 0.0953.